The Kier molecular flexibility index (Phi) is 4.47. The molecule has 2 aliphatic rings. The number of rotatable bonds is 3. The summed E-state index contributed by atoms with van der Waals surface area (Å²) in [6.45, 7) is 4.11. The molecule has 114 valence electrons. The first-order valence-electron chi connectivity index (χ1n) is 8.39. The number of fused-ring (bicyclic) bond motifs is 1. The highest BCUT2D eigenvalue weighted by Crippen LogP contribution is 2.29. The van der Waals surface area contributed by atoms with Crippen molar-refractivity contribution in [1.82, 2.24) is 5.32 Å². The predicted octanol–water partition coefficient (Wildman–Crippen LogP) is 3.60. The third-order valence-corrected chi connectivity index (χ3v) is 5.13. The Morgan fingerprint density at radius 2 is 2.14 bits per heavy atom. The summed E-state index contributed by atoms with van der Waals surface area (Å²) in [5.74, 6) is 1.47. The largest absolute Gasteiger partial charge is 0.384 e. The van der Waals surface area contributed by atoms with E-state index >= 15 is 0 Å². The van der Waals surface area contributed by atoms with Gasteiger partial charge >= 0.3 is 0 Å². The third-order valence-electron chi connectivity index (χ3n) is 5.13. The van der Waals surface area contributed by atoms with Crippen molar-refractivity contribution < 1.29 is 4.79 Å². The van der Waals surface area contributed by atoms with Crippen LogP contribution in [-0.2, 0) is 6.42 Å². The lowest BCUT2D eigenvalue weighted by Gasteiger charge is -2.29. The quantitative estimate of drug-likeness (QED) is 0.891. The highest BCUT2D eigenvalue weighted by Gasteiger charge is 2.23. The van der Waals surface area contributed by atoms with Gasteiger partial charge in [0.05, 0.1) is 11.3 Å². The standard InChI is InChI=1S/C18H26N2O/c1-13-6-2-3-7-15(13)12-20-18(21)16-10-4-8-14-9-5-11-19-17(14)16/h4,8,10,13,15,19H,2-3,5-7,9,11-12H2,1H3,(H,20,21). The maximum absolute atomic E-state index is 12.5. The SMILES string of the molecule is CC1CCCCC1CNC(=O)c1cccc2c1NCCC2. The number of anilines is 1. The van der Waals surface area contributed by atoms with Gasteiger partial charge in [0.25, 0.3) is 5.91 Å². The lowest BCUT2D eigenvalue weighted by atomic mass is 9.80. The molecule has 1 aliphatic heterocycles. The van der Waals surface area contributed by atoms with Crippen LogP contribution in [0.1, 0.15) is 54.9 Å². The van der Waals surface area contributed by atoms with Crippen molar-refractivity contribution in [3.63, 3.8) is 0 Å². The molecule has 1 saturated carbocycles. The average molecular weight is 286 g/mol. The Balaban J connectivity index is 1.65. The van der Waals surface area contributed by atoms with Gasteiger partial charge in [0.15, 0.2) is 0 Å². The zero-order valence-electron chi connectivity index (χ0n) is 13.0. The monoisotopic (exact) mass is 286 g/mol. The smallest absolute Gasteiger partial charge is 0.253 e. The van der Waals surface area contributed by atoms with Gasteiger partial charge in [0.2, 0.25) is 0 Å². The van der Waals surface area contributed by atoms with E-state index in [1.807, 2.05) is 12.1 Å². The van der Waals surface area contributed by atoms with Gasteiger partial charge in [-0.3, -0.25) is 4.79 Å². The van der Waals surface area contributed by atoms with E-state index in [1.54, 1.807) is 0 Å². The Morgan fingerprint density at radius 1 is 1.29 bits per heavy atom. The van der Waals surface area contributed by atoms with E-state index in [4.69, 9.17) is 0 Å². The first-order chi connectivity index (χ1) is 10.3. The summed E-state index contributed by atoms with van der Waals surface area (Å²) < 4.78 is 0. The van der Waals surface area contributed by atoms with E-state index in [1.165, 1.54) is 31.2 Å². The number of carbonyl (C=O) groups is 1. The minimum absolute atomic E-state index is 0.0824. The molecule has 0 aromatic heterocycles. The number of nitrogens with one attached hydrogen (secondary N) is 2. The highest BCUT2D eigenvalue weighted by atomic mass is 16.1. The van der Waals surface area contributed by atoms with E-state index in [0.717, 1.165) is 43.1 Å². The van der Waals surface area contributed by atoms with Crippen LogP contribution in [-0.4, -0.2) is 19.0 Å². The van der Waals surface area contributed by atoms with Crippen LogP contribution in [0.4, 0.5) is 5.69 Å². The van der Waals surface area contributed by atoms with Crippen LogP contribution in [0.15, 0.2) is 18.2 Å². The molecule has 2 N–H and O–H groups in total. The molecule has 0 saturated heterocycles. The molecule has 1 fully saturated rings. The normalized spacial score (nSPS) is 24.8. The minimum atomic E-state index is 0.0824. The van der Waals surface area contributed by atoms with Crippen LogP contribution in [0.25, 0.3) is 0 Å². The van der Waals surface area contributed by atoms with Gasteiger partial charge in [-0.1, -0.05) is 38.3 Å². The molecule has 1 aromatic carbocycles. The van der Waals surface area contributed by atoms with Crippen molar-refractivity contribution in [2.45, 2.75) is 45.4 Å². The first-order valence-corrected chi connectivity index (χ1v) is 8.39. The number of hydrogen-bond acceptors (Lipinski definition) is 2. The van der Waals surface area contributed by atoms with Gasteiger partial charge in [-0.2, -0.15) is 0 Å². The number of carbonyl (C=O) groups excluding carboxylic acids is 1. The van der Waals surface area contributed by atoms with Crippen molar-refractivity contribution in [2.24, 2.45) is 11.8 Å². The molecule has 1 heterocycles. The van der Waals surface area contributed by atoms with Gasteiger partial charge in [-0.15, -0.1) is 0 Å². The van der Waals surface area contributed by atoms with Gasteiger partial charge in [-0.05, 0) is 42.7 Å². The molecule has 0 bridgehead atoms. The topological polar surface area (TPSA) is 41.1 Å². The Morgan fingerprint density at radius 3 is 3.00 bits per heavy atom. The lowest BCUT2D eigenvalue weighted by molar-refractivity contribution is 0.0937. The van der Waals surface area contributed by atoms with Gasteiger partial charge < -0.3 is 10.6 Å². The predicted molar refractivity (Wildman–Crippen MR) is 86.7 cm³/mol. The first kappa shape index (κ1) is 14.4. The second-order valence-corrected chi connectivity index (χ2v) is 6.60. The summed E-state index contributed by atoms with van der Waals surface area (Å²) >= 11 is 0. The fraction of sp³-hybridized carbons (Fsp3) is 0.611. The van der Waals surface area contributed by atoms with Crippen molar-refractivity contribution in [3.05, 3.63) is 29.3 Å². The van der Waals surface area contributed by atoms with Crippen LogP contribution in [0.5, 0.6) is 0 Å². The zero-order chi connectivity index (χ0) is 14.7. The van der Waals surface area contributed by atoms with Crippen molar-refractivity contribution in [3.8, 4) is 0 Å². The molecule has 2 atom stereocenters. The van der Waals surface area contributed by atoms with E-state index < -0.39 is 0 Å². The molecule has 21 heavy (non-hydrogen) atoms. The Labute approximate surface area is 127 Å². The summed E-state index contributed by atoms with van der Waals surface area (Å²) in [6.07, 6.45) is 7.45. The summed E-state index contributed by atoms with van der Waals surface area (Å²) in [5, 5.41) is 6.57. The number of benzene rings is 1. The second-order valence-electron chi connectivity index (χ2n) is 6.60. The molecule has 1 amide bonds. The molecule has 0 spiro atoms. The van der Waals surface area contributed by atoms with Gasteiger partial charge in [0, 0.05) is 13.1 Å². The second kappa shape index (κ2) is 6.50. The van der Waals surface area contributed by atoms with E-state index in [-0.39, 0.29) is 5.91 Å². The molecular formula is C18H26N2O. The fourth-order valence-corrected chi connectivity index (χ4v) is 3.71. The van der Waals surface area contributed by atoms with Gasteiger partial charge in [-0.25, -0.2) is 0 Å². The minimum Gasteiger partial charge on any atom is -0.384 e. The molecule has 2 unspecified atom stereocenters. The van der Waals surface area contributed by atoms with Crippen LogP contribution < -0.4 is 10.6 Å². The maximum Gasteiger partial charge on any atom is 0.253 e. The molecular weight excluding hydrogens is 260 g/mol. The summed E-state index contributed by atoms with van der Waals surface area (Å²) in [7, 11) is 0. The lowest BCUT2D eigenvalue weighted by Crippen LogP contribution is -2.34. The fourth-order valence-electron chi connectivity index (χ4n) is 3.71. The molecule has 3 nitrogen and oxygen atoms in total. The Hall–Kier alpha value is -1.51. The molecule has 1 aliphatic carbocycles. The number of amides is 1. The van der Waals surface area contributed by atoms with E-state index in [0.29, 0.717) is 5.92 Å². The summed E-state index contributed by atoms with van der Waals surface area (Å²) in [6, 6.07) is 6.07. The van der Waals surface area contributed by atoms with Crippen molar-refractivity contribution in [1.29, 1.82) is 0 Å². The van der Waals surface area contributed by atoms with E-state index in [9.17, 15) is 4.79 Å². The number of hydrogen-bond donors (Lipinski definition) is 2. The van der Waals surface area contributed by atoms with Crippen LogP contribution in [0.3, 0.4) is 0 Å². The summed E-state index contributed by atoms with van der Waals surface area (Å²) in [5.41, 5.74) is 3.15. The third kappa shape index (κ3) is 3.22. The molecule has 3 heteroatoms. The Bertz CT molecular complexity index is 512. The highest BCUT2D eigenvalue weighted by molar-refractivity contribution is 6.00. The van der Waals surface area contributed by atoms with Gasteiger partial charge in [0.1, 0.15) is 0 Å². The van der Waals surface area contributed by atoms with E-state index in [2.05, 4.69) is 23.6 Å². The summed E-state index contributed by atoms with van der Waals surface area (Å²) in [4.78, 5) is 12.5. The van der Waals surface area contributed by atoms with Crippen LogP contribution >= 0.6 is 0 Å². The maximum atomic E-state index is 12.5. The average Bonchev–Trinajstić information content (AvgIpc) is 2.53. The molecule has 0 radical (unpaired) electrons. The molecule has 1 aromatic rings. The van der Waals surface area contributed by atoms with Crippen molar-refractivity contribution >= 4 is 11.6 Å². The van der Waals surface area contributed by atoms with Crippen molar-refractivity contribution in [2.75, 3.05) is 18.4 Å². The van der Waals surface area contributed by atoms with Crippen LogP contribution in [0.2, 0.25) is 0 Å². The number of para-hydroxylation sites is 1. The number of aryl methyl sites for hydroxylation is 1. The molecule has 3 rings (SSSR count). The van der Waals surface area contributed by atoms with Crippen LogP contribution in [0, 0.1) is 11.8 Å². The zero-order valence-corrected chi connectivity index (χ0v) is 13.0.